The van der Waals surface area contributed by atoms with E-state index in [1.165, 1.54) is 0 Å². The number of hydrogen-bond acceptors (Lipinski definition) is 7. The fraction of sp³-hybridized carbons (Fsp3) is 0.167. The second kappa shape index (κ2) is 6.43. The summed E-state index contributed by atoms with van der Waals surface area (Å²) in [6, 6.07) is 7.68. The molecule has 0 aliphatic heterocycles. The lowest BCUT2D eigenvalue weighted by Crippen LogP contribution is -2.04. The highest BCUT2D eigenvalue weighted by Crippen LogP contribution is 2.20. The number of aliphatic hydroxyl groups excluding tert-OH is 1. The van der Waals surface area contributed by atoms with Crippen LogP contribution in [0.2, 0.25) is 0 Å². The van der Waals surface area contributed by atoms with Gasteiger partial charge in [-0.3, -0.25) is 4.68 Å². The van der Waals surface area contributed by atoms with Crippen molar-refractivity contribution >= 4 is 22.6 Å². The highest BCUT2D eigenvalue weighted by atomic mass is 16.3. The van der Waals surface area contributed by atoms with Gasteiger partial charge in [0.1, 0.15) is 17.0 Å². The first-order valence-corrected chi connectivity index (χ1v) is 8.77. The van der Waals surface area contributed by atoms with E-state index in [2.05, 4.69) is 20.4 Å². The number of fused-ring (bicyclic) bond motifs is 2. The van der Waals surface area contributed by atoms with Gasteiger partial charge in [0.2, 0.25) is 0 Å². The smallest absolute Gasteiger partial charge is 0.179 e. The third kappa shape index (κ3) is 2.85. The first-order valence-electron chi connectivity index (χ1n) is 8.77. The van der Waals surface area contributed by atoms with E-state index >= 15 is 0 Å². The zero-order chi connectivity index (χ0) is 19.1. The van der Waals surface area contributed by atoms with Crippen molar-refractivity contribution in [1.82, 2.24) is 39.1 Å². The van der Waals surface area contributed by atoms with Crippen molar-refractivity contribution in [2.24, 2.45) is 0 Å². The van der Waals surface area contributed by atoms with E-state index < -0.39 is 0 Å². The molecule has 5 aromatic heterocycles. The minimum atomic E-state index is 0.0389. The maximum atomic E-state index is 9.05. The number of anilines is 1. The van der Waals surface area contributed by atoms with Crippen molar-refractivity contribution in [1.29, 1.82) is 0 Å². The largest absolute Gasteiger partial charge is 0.394 e. The van der Waals surface area contributed by atoms with Crippen molar-refractivity contribution in [3.63, 3.8) is 0 Å². The normalized spacial score (nSPS) is 11.6. The van der Waals surface area contributed by atoms with Gasteiger partial charge in [0.15, 0.2) is 5.65 Å². The summed E-state index contributed by atoms with van der Waals surface area (Å²) in [6.45, 7) is 1.00. The monoisotopic (exact) mass is 375 g/mol. The molecule has 10 nitrogen and oxygen atoms in total. The quantitative estimate of drug-likeness (QED) is 0.469. The van der Waals surface area contributed by atoms with Gasteiger partial charge in [0.25, 0.3) is 0 Å². The van der Waals surface area contributed by atoms with Crippen LogP contribution in [-0.4, -0.2) is 50.9 Å². The summed E-state index contributed by atoms with van der Waals surface area (Å²) < 4.78 is 5.33. The van der Waals surface area contributed by atoms with Gasteiger partial charge in [-0.1, -0.05) is 11.3 Å². The van der Waals surface area contributed by atoms with E-state index in [-0.39, 0.29) is 6.61 Å². The Morgan fingerprint density at radius 3 is 2.86 bits per heavy atom. The Morgan fingerprint density at radius 2 is 1.96 bits per heavy atom. The standard InChI is InChI=1S/C18H17N9O/c19-16-11-25-8-12(1-4-17(25)22-16)9-27-18-15(23-24-27)3-2-14(21-18)13-7-20-26(10-13)5-6-28/h1-4,7-8,10-11,28H,5-6,9,19H2. The first-order chi connectivity index (χ1) is 13.7. The van der Waals surface area contributed by atoms with Crippen LogP contribution in [0.4, 0.5) is 5.82 Å². The molecule has 3 N–H and O–H groups in total. The third-order valence-corrected chi connectivity index (χ3v) is 4.48. The minimum Gasteiger partial charge on any atom is -0.394 e. The summed E-state index contributed by atoms with van der Waals surface area (Å²) in [7, 11) is 0. The predicted molar refractivity (Wildman–Crippen MR) is 102 cm³/mol. The summed E-state index contributed by atoms with van der Waals surface area (Å²) in [5.74, 6) is 0.483. The molecule has 5 heterocycles. The predicted octanol–water partition coefficient (Wildman–Crippen LogP) is 0.960. The van der Waals surface area contributed by atoms with E-state index in [0.29, 0.717) is 24.6 Å². The second-order valence-electron chi connectivity index (χ2n) is 6.47. The number of aromatic nitrogens is 8. The van der Waals surface area contributed by atoms with Gasteiger partial charge in [0.05, 0.1) is 37.8 Å². The fourth-order valence-corrected chi connectivity index (χ4v) is 3.17. The van der Waals surface area contributed by atoms with Crippen LogP contribution in [0.1, 0.15) is 5.56 Å². The molecule has 5 rings (SSSR count). The van der Waals surface area contributed by atoms with Crippen LogP contribution in [0, 0.1) is 0 Å². The Bertz CT molecular complexity index is 1280. The number of imidazole rings is 1. The molecule has 28 heavy (non-hydrogen) atoms. The Kier molecular flexibility index (Phi) is 3.76. The first kappa shape index (κ1) is 16.4. The van der Waals surface area contributed by atoms with E-state index in [9.17, 15) is 0 Å². The average molecular weight is 375 g/mol. The van der Waals surface area contributed by atoms with Gasteiger partial charge >= 0.3 is 0 Å². The number of rotatable bonds is 5. The summed E-state index contributed by atoms with van der Waals surface area (Å²) in [5.41, 5.74) is 10.6. The molecule has 0 aromatic carbocycles. The number of pyridine rings is 2. The lowest BCUT2D eigenvalue weighted by molar-refractivity contribution is 0.269. The number of nitrogen functional groups attached to an aromatic ring is 1. The van der Waals surface area contributed by atoms with Crippen LogP contribution >= 0.6 is 0 Å². The van der Waals surface area contributed by atoms with Gasteiger partial charge in [0, 0.05) is 18.0 Å². The molecule has 0 aliphatic carbocycles. The van der Waals surface area contributed by atoms with E-state index in [1.807, 2.05) is 41.1 Å². The van der Waals surface area contributed by atoms with Gasteiger partial charge in [-0.25, -0.2) is 14.6 Å². The molecule has 0 spiro atoms. The molecule has 0 atom stereocenters. The zero-order valence-electron chi connectivity index (χ0n) is 14.8. The van der Waals surface area contributed by atoms with Crippen LogP contribution in [0.3, 0.4) is 0 Å². The van der Waals surface area contributed by atoms with Gasteiger partial charge < -0.3 is 15.2 Å². The third-order valence-electron chi connectivity index (χ3n) is 4.48. The number of aliphatic hydroxyl groups is 1. The summed E-state index contributed by atoms with van der Waals surface area (Å²) in [4.78, 5) is 8.96. The molecule has 0 radical (unpaired) electrons. The highest BCUT2D eigenvalue weighted by Gasteiger charge is 2.11. The Balaban J connectivity index is 1.50. The Hall–Kier alpha value is -3.79. The van der Waals surface area contributed by atoms with Crippen molar-refractivity contribution in [3.05, 3.63) is 54.6 Å². The molecular weight excluding hydrogens is 358 g/mol. The van der Waals surface area contributed by atoms with Gasteiger partial charge in [-0.2, -0.15) is 5.10 Å². The maximum absolute atomic E-state index is 9.05. The molecule has 0 aliphatic rings. The summed E-state index contributed by atoms with van der Waals surface area (Å²) >= 11 is 0. The highest BCUT2D eigenvalue weighted by molar-refractivity contribution is 5.74. The molecular formula is C18H17N9O. The van der Waals surface area contributed by atoms with Gasteiger partial charge in [-0.15, -0.1) is 5.10 Å². The van der Waals surface area contributed by atoms with Gasteiger partial charge in [-0.05, 0) is 23.8 Å². The van der Waals surface area contributed by atoms with Crippen LogP contribution < -0.4 is 5.73 Å². The lowest BCUT2D eigenvalue weighted by atomic mass is 10.2. The SMILES string of the molecule is Nc1cn2cc(Cn3nnc4ccc(-c5cnn(CCO)c5)nc43)ccc2n1. The molecule has 0 unspecified atom stereocenters. The van der Waals surface area contributed by atoms with E-state index in [0.717, 1.165) is 28.0 Å². The number of nitrogens with two attached hydrogens (primary N) is 1. The van der Waals surface area contributed by atoms with E-state index in [4.69, 9.17) is 15.8 Å². The van der Waals surface area contributed by atoms with Crippen LogP contribution in [0.25, 0.3) is 28.1 Å². The van der Waals surface area contributed by atoms with Crippen molar-refractivity contribution in [2.75, 3.05) is 12.3 Å². The van der Waals surface area contributed by atoms with Crippen molar-refractivity contribution in [2.45, 2.75) is 13.1 Å². The van der Waals surface area contributed by atoms with E-state index in [1.54, 1.807) is 21.8 Å². The Morgan fingerprint density at radius 1 is 1.04 bits per heavy atom. The summed E-state index contributed by atoms with van der Waals surface area (Å²) in [5, 5.41) is 21.7. The molecule has 0 bridgehead atoms. The second-order valence-corrected chi connectivity index (χ2v) is 6.47. The molecule has 0 fully saturated rings. The van der Waals surface area contributed by atoms with Crippen LogP contribution in [-0.2, 0) is 13.1 Å². The van der Waals surface area contributed by atoms with Crippen LogP contribution in [0.15, 0.2) is 49.1 Å². The molecule has 5 aromatic rings. The number of hydrogen-bond donors (Lipinski definition) is 2. The topological polar surface area (TPSA) is 125 Å². The summed E-state index contributed by atoms with van der Waals surface area (Å²) in [6.07, 6.45) is 7.33. The van der Waals surface area contributed by atoms with Crippen molar-refractivity contribution < 1.29 is 5.11 Å². The maximum Gasteiger partial charge on any atom is 0.179 e. The molecule has 140 valence electrons. The molecule has 0 saturated carbocycles. The lowest BCUT2D eigenvalue weighted by Gasteiger charge is -2.04. The van der Waals surface area contributed by atoms with Crippen molar-refractivity contribution in [3.8, 4) is 11.3 Å². The minimum absolute atomic E-state index is 0.0389. The zero-order valence-corrected chi connectivity index (χ0v) is 14.8. The molecule has 0 saturated heterocycles. The Labute approximate surface area is 158 Å². The molecule has 0 amide bonds. The molecule has 10 heteroatoms. The number of nitrogens with zero attached hydrogens (tertiary/aromatic N) is 8. The van der Waals surface area contributed by atoms with Crippen LogP contribution in [0.5, 0.6) is 0 Å². The average Bonchev–Trinajstić information content (AvgIpc) is 3.40. The fourth-order valence-electron chi connectivity index (χ4n) is 3.17.